The minimum atomic E-state index is -2.87. The Balaban J connectivity index is 0.00000204. The molecule has 0 radical (unpaired) electrons. The molecule has 12 nitrogen and oxygen atoms in total. The van der Waals surface area contributed by atoms with Gasteiger partial charge in [-0.15, -0.1) is 0 Å². The second kappa shape index (κ2) is 9.57. The number of aliphatic hydroxyl groups excluding tert-OH is 3. The molecule has 1 fully saturated rings. The summed E-state index contributed by atoms with van der Waals surface area (Å²) in [6, 6.07) is 3.23. The highest BCUT2D eigenvalue weighted by atomic mass is 35.5. The molecule has 0 heterocycles. The van der Waals surface area contributed by atoms with E-state index in [1.165, 1.54) is 6.07 Å². The number of primary amides is 1. The van der Waals surface area contributed by atoms with E-state index in [1.807, 2.05) is 0 Å². The number of quaternary nitrogens is 1. The van der Waals surface area contributed by atoms with Gasteiger partial charge in [0.1, 0.15) is 22.8 Å². The van der Waals surface area contributed by atoms with E-state index in [2.05, 4.69) is 0 Å². The highest BCUT2D eigenvalue weighted by molar-refractivity contribution is 6.24. The Bertz CT molecular complexity index is 1150. The van der Waals surface area contributed by atoms with Gasteiger partial charge >= 0.3 is 0 Å². The summed E-state index contributed by atoms with van der Waals surface area (Å²) < 4.78 is 0. The monoisotopic (exact) mass is 516 g/mol. The first-order chi connectivity index (χ1) is 14.9. The van der Waals surface area contributed by atoms with Crippen LogP contribution in [0.2, 0.25) is 0 Å². The van der Waals surface area contributed by atoms with Crippen LogP contribution in [0.15, 0.2) is 35.1 Å². The van der Waals surface area contributed by atoms with Crippen molar-refractivity contribution in [1.82, 2.24) is 0 Å². The maximum Gasteiger partial charge on any atom is 0.256 e. The predicted molar refractivity (Wildman–Crippen MR) is 117 cm³/mol. The van der Waals surface area contributed by atoms with Gasteiger partial charge in [0.25, 0.3) is 5.91 Å². The van der Waals surface area contributed by atoms with Gasteiger partial charge in [0.05, 0.1) is 31.7 Å². The first-order valence-electron chi connectivity index (χ1n) is 10.2. The number of amides is 1. The van der Waals surface area contributed by atoms with E-state index < -0.39 is 75.6 Å². The largest absolute Gasteiger partial charge is 1.00 e. The normalized spacial score (nSPS) is 31.4. The quantitative estimate of drug-likeness (QED) is 0.186. The molecule has 0 aromatic heterocycles. The third-order valence-electron chi connectivity index (χ3n) is 7.09. The van der Waals surface area contributed by atoms with Gasteiger partial charge in [-0.25, -0.2) is 0 Å². The first kappa shape index (κ1) is 30.0. The van der Waals surface area contributed by atoms with Crippen molar-refractivity contribution < 1.29 is 68.2 Å². The number of phenolic OH excluding ortho intramolecular Hbond substituents is 1. The zero-order valence-corrected chi connectivity index (χ0v) is 19.8. The number of halogens is 1. The van der Waals surface area contributed by atoms with Gasteiger partial charge in [-0.1, -0.05) is 19.1 Å². The SMILES string of the molecule is C[C@H]1c2cccc(O)c2C(O)=C2C(=O)[C@]3(O)C(O)=C(C(N)=O)C(=O)[C@@H]([NH+](C)C)[C@@H]3[C@@H](O)[C@@H]21.O.O.[Cl-]. The average Bonchev–Trinajstić information content (AvgIpc) is 2.70. The zero-order valence-electron chi connectivity index (χ0n) is 19.0. The Kier molecular flexibility index (Phi) is 8.21. The van der Waals surface area contributed by atoms with Crippen LogP contribution in [0.1, 0.15) is 24.0 Å². The van der Waals surface area contributed by atoms with Crippen LogP contribution in [-0.4, -0.2) is 85.8 Å². The van der Waals surface area contributed by atoms with Gasteiger partial charge in [0.15, 0.2) is 11.6 Å². The molecule has 4 rings (SSSR count). The fraction of sp³-hybridized carbons (Fsp3) is 0.409. The number of aromatic hydroxyl groups is 1. The molecular weight excluding hydrogens is 488 g/mol. The number of nitrogens with two attached hydrogens (primary N) is 1. The van der Waals surface area contributed by atoms with Crippen molar-refractivity contribution in [1.29, 1.82) is 0 Å². The molecule has 12 N–H and O–H groups in total. The maximum absolute atomic E-state index is 13.7. The van der Waals surface area contributed by atoms with Crippen molar-refractivity contribution in [3.05, 3.63) is 46.2 Å². The first-order valence-corrected chi connectivity index (χ1v) is 10.2. The number of phenols is 1. The number of ketones is 2. The third kappa shape index (κ3) is 3.61. The van der Waals surface area contributed by atoms with E-state index in [-0.39, 0.29) is 34.7 Å². The average molecular weight is 517 g/mol. The number of likely N-dealkylation sites (N-methyl/N-ethyl adjacent to an activating group) is 1. The molecule has 1 aromatic rings. The van der Waals surface area contributed by atoms with Gasteiger partial charge in [-0.05, 0) is 17.5 Å². The molecule has 0 saturated heterocycles. The van der Waals surface area contributed by atoms with E-state index in [9.17, 15) is 39.9 Å². The number of rotatable bonds is 2. The highest BCUT2D eigenvalue weighted by Crippen LogP contribution is 2.55. The van der Waals surface area contributed by atoms with E-state index in [0.29, 0.717) is 10.5 Å². The summed E-state index contributed by atoms with van der Waals surface area (Å²) in [5, 5.41) is 54.9. The van der Waals surface area contributed by atoms with Crippen molar-refractivity contribution in [3.8, 4) is 5.75 Å². The lowest BCUT2D eigenvalue weighted by Crippen LogP contribution is -3.13. The molecule has 0 spiro atoms. The van der Waals surface area contributed by atoms with Crippen LogP contribution in [0.4, 0.5) is 0 Å². The number of benzene rings is 1. The van der Waals surface area contributed by atoms with Crippen LogP contribution in [0, 0.1) is 11.8 Å². The summed E-state index contributed by atoms with van der Waals surface area (Å²) in [6.07, 6.45) is -1.57. The number of nitrogens with one attached hydrogen (secondary N) is 1. The molecule has 13 heteroatoms. The molecular formula is C22H29ClN2O10. The van der Waals surface area contributed by atoms with E-state index in [4.69, 9.17) is 5.73 Å². The number of Topliss-reactive ketones (excluding diaryl/α,β-unsaturated/α-hetero) is 2. The van der Waals surface area contributed by atoms with Crippen LogP contribution in [0.5, 0.6) is 5.75 Å². The molecule has 3 aliphatic carbocycles. The summed E-state index contributed by atoms with van der Waals surface area (Å²) >= 11 is 0. The maximum atomic E-state index is 13.7. The number of hydrogen-bond acceptors (Lipinski definition) is 8. The standard InChI is InChI=1S/C22H24N2O8.ClH.2H2O/c1-7-8-5-4-6-9(25)11(8)16(26)12-10(7)17(27)14-15(24(2)3)18(28)13(21(23)31)20(30)22(14,32)19(12)29;;;/h4-7,10,14-15,17,25-27,30,32H,1-3H3,(H2,23,31);1H;2*1H2/t7-,10+,14+,15-,17-,22-;;;/m0.../s1. The molecule has 194 valence electrons. The highest BCUT2D eigenvalue weighted by Gasteiger charge is 2.69. The van der Waals surface area contributed by atoms with E-state index in [0.717, 1.165) is 0 Å². The number of hydrogen-bond donors (Lipinski definition) is 7. The molecule has 0 unspecified atom stereocenters. The number of carbonyl (C=O) groups is 3. The lowest BCUT2D eigenvalue weighted by Gasteiger charge is -2.52. The lowest BCUT2D eigenvalue weighted by molar-refractivity contribution is -0.881. The fourth-order valence-electron chi connectivity index (χ4n) is 5.67. The van der Waals surface area contributed by atoms with Crippen molar-refractivity contribution in [3.63, 3.8) is 0 Å². The van der Waals surface area contributed by atoms with Crippen LogP contribution < -0.4 is 23.0 Å². The number of carbonyl (C=O) groups excluding carboxylic acids is 3. The fourth-order valence-corrected chi connectivity index (χ4v) is 5.67. The summed E-state index contributed by atoms with van der Waals surface area (Å²) in [5.74, 6) is -8.72. The van der Waals surface area contributed by atoms with Crippen molar-refractivity contribution >= 4 is 23.2 Å². The Hall–Kier alpha value is -3.00. The molecule has 1 aromatic carbocycles. The number of aliphatic hydroxyl groups is 4. The van der Waals surface area contributed by atoms with E-state index >= 15 is 0 Å². The Morgan fingerprint density at radius 3 is 2.20 bits per heavy atom. The molecule has 6 atom stereocenters. The Labute approximate surface area is 206 Å². The molecule has 1 amide bonds. The predicted octanol–water partition coefficient (Wildman–Crippen LogP) is -6.57. The summed E-state index contributed by atoms with van der Waals surface area (Å²) in [7, 11) is 3.09. The van der Waals surface area contributed by atoms with Crippen LogP contribution >= 0.6 is 0 Å². The van der Waals surface area contributed by atoms with Crippen molar-refractivity contribution in [2.24, 2.45) is 17.6 Å². The lowest BCUT2D eigenvalue weighted by atomic mass is 9.54. The second-order valence-electron chi connectivity index (χ2n) is 8.94. The van der Waals surface area contributed by atoms with Crippen LogP contribution in [-0.2, 0) is 14.4 Å². The van der Waals surface area contributed by atoms with Gasteiger partial charge in [-0.3, -0.25) is 14.4 Å². The number of fused-ring (bicyclic) bond motifs is 3. The Morgan fingerprint density at radius 2 is 1.69 bits per heavy atom. The van der Waals surface area contributed by atoms with Gasteiger partial charge < -0.3 is 59.5 Å². The smallest absolute Gasteiger partial charge is 0.256 e. The summed E-state index contributed by atoms with van der Waals surface area (Å²) in [5.41, 5.74) is 1.54. The minimum absolute atomic E-state index is 0. The Morgan fingerprint density at radius 1 is 1.11 bits per heavy atom. The molecule has 35 heavy (non-hydrogen) atoms. The van der Waals surface area contributed by atoms with E-state index in [1.54, 1.807) is 33.2 Å². The molecule has 3 aliphatic rings. The molecule has 1 saturated carbocycles. The third-order valence-corrected chi connectivity index (χ3v) is 7.09. The minimum Gasteiger partial charge on any atom is -1.00 e. The summed E-state index contributed by atoms with van der Waals surface area (Å²) in [6.45, 7) is 1.68. The molecule has 0 bridgehead atoms. The van der Waals surface area contributed by atoms with Gasteiger partial charge in [0.2, 0.25) is 11.6 Å². The van der Waals surface area contributed by atoms with Crippen molar-refractivity contribution in [2.75, 3.05) is 14.1 Å². The summed E-state index contributed by atoms with van der Waals surface area (Å²) in [4.78, 5) is 39.1. The van der Waals surface area contributed by atoms with Crippen molar-refractivity contribution in [2.45, 2.75) is 30.6 Å². The topological polar surface area (TPSA) is 246 Å². The van der Waals surface area contributed by atoms with Gasteiger partial charge in [0, 0.05) is 11.5 Å². The second-order valence-corrected chi connectivity index (χ2v) is 8.94. The molecule has 0 aliphatic heterocycles. The van der Waals surface area contributed by atoms with Crippen LogP contribution in [0.25, 0.3) is 5.76 Å². The van der Waals surface area contributed by atoms with Gasteiger partial charge in [-0.2, -0.15) is 0 Å². The van der Waals surface area contributed by atoms with Crippen LogP contribution in [0.3, 0.4) is 0 Å². The zero-order chi connectivity index (χ0) is 23.9.